The van der Waals surface area contributed by atoms with Crippen LogP contribution in [0.15, 0.2) is 42.9 Å². The topological polar surface area (TPSA) is 56.2 Å². The van der Waals surface area contributed by atoms with E-state index in [1.807, 2.05) is 0 Å². The number of nitrogens with two attached hydrogens (primary N) is 1. The van der Waals surface area contributed by atoms with Crippen molar-refractivity contribution in [1.82, 2.24) is 14.4 Å². The summed E-state index contributed by atoms with van der Waals surface area (Å²) in [5.74, 6) is 0.164. The lowest BCUT2D eigenvalue weighted by atomic mass is 10.2. The summed E-state index contributed by atoms with van der Waals surface area (Å²) < 4.78 is 40.1. The van der Waals surface area contributed by atoms with Crippen LogP contribution in [0.3, 0.4) is 0 Å². The SMILES string of the molecule is Nc1c(-c2ccncc2)nc2c(C(F)(F)F)cccn12. The minimum Gasteiger partial charge on any atom is -0.383 e. The van der Waals surface area contributed by atoms with Gasteiger partial charge in [0.05, 0.1) is 5.56 Å². The number of hydrogen-bond donors (Lipinski definition) is 1. The van der Waals surface area contributed by atoms with E-state index in [1.165, 1.54) is 29.1 Å². The maximum atomic E-state index is 13.0. The third-order valence-electron chi connectivity index (χ3n) is 2.95. The molecule has 0 aliphatic heterocycles. The molecule has 4 nitrogen and oxygen atoms in total. The van der Waals surface area contributed by atoms with E-state index in [-0.39, 0.29) is 11.5 Å². The van der Waals surface area contributed by atoms with Gasteiger partial charge < -0.3 is 5.73 Å². The van der Waals surface area contributed by atoms with E-state index < -0.39 is 11.7 Å². The molecule has 0 atom stereocenters. The summed E-state index contributed by atoms with van der Waals surface area (Å²) >= 11 is 0. The van der Waals surface area contributed by atoms with Crippen LogP contribution >= 0.6 is 0 Å². The van der Waals surface area contributed by atoms with Gasteiger partial charge in [-0.05, 0) is 24.3 Å². The van der Waals surface area contributed by atoms with Crippen molar-refractivity contribution in [3.8, 4) is 11.3 Å². The summed E-state index contributed by atoms with van der Waals surface area (Å²) in [5, 5.41) is 0. The highest BCUT2D eigenvalue weighted by Crippen LogP contribution is 2.35. The molecule has 3 aromatic heterocycles. The Morgan fingerprint density at radius 1 is 1.10 bits per heavy atom. The van der Waals surface area contributed by atoms with Crippen molar-refractivity contribution in [3.63, 3.8) is 0 Å². The van der Waals surface area contributed by atoms with Gasteiger partial charge in [0.2, 0.25) is 0 Å². The average Bonchev–Trinajstić information content (AvgIpc) is 2.76. The number of anilines is 1. The fourth-order valence-corrected chi connectivity index (χ4v) is 2.03. The first-order valence-corrected chi connectivity index (χ1v) is 5.72. The number of nitrogens with zero attached hydrogens (tertiary/aromatic N) is 3. The molecule has 0 bridgehead atoms. The van der Waals surface area contributed by atoms with Gasteiger partial charge in [-0.2, -0.15) is 13.2 Å². The second-order valence-electron chi connectivity index (χ2n) is 4.19. The third-order valence-corrected chi connectivity index (χ3v) is 2.95. The lowest BCUT2D eigenvalue weighted by Crippen LogP contribution is -2.07. The molecule has 0 radical (unpaired) electrons. The molecule has 0 aliphatic rings. The van der Waals surface area contributed by atoms with Gasteiger partial charge in [-0.3, -0.25) is 9.38 Å². The lowest BCUT2D eigenvalue weighted by Gasteiger charge is -2.07. The van der Waals surface area contributed by atoms with E-state index in [0.717, 1.165) is 6.07 Å². The monoisotopic (exact) mass is 278 g/mol. The first-order chi connectivity index (χ1) is 9.48. The average molecular weight is 278 g/mol. The summed E-state index contributed by atoms with van der Waals surface area (Å²) in [7, 11) is 0. The summed E-state index contributed by atoms with van der Waals surface area (Å²) in [5.41, 5.74) is 5.81. The Bertz CT molecular complexity index is 762. The van der Waals surface area contributed by atoms with Crippen molar-refractivity contribution < 1.29 is 13.2 Å². The summed E-state index contributed by atoms with van der Waals surface area (Å²) in [4.78, 5) is 7.89. The Kier molecular flexibility index (Phi) is 2.63. The Balaban J connectivity index is 2.31. The Labute approximate surface area is 111 Å². The lowest BCUT2D eigenvalue weighted by molar-refractivity contribution is -0.136. The first-order valence-electron chi connectivity index (χ1n) is 5.72. The van der Waals surface area contributed by atoms with Crippen LogP contribution in [0.4, 0.5) is 19.0 Å². The van der Waals surface area contributed by atoms with E-state index >= 15 is 0 Å². The maximum Gasteiger partial charge on any atom is 0.419 e. The number of aromatic nitrogens is 3. The summed E-state index contributed by atoms with van der Waals surface area (Å²) in [6.45, 7) is 0. The molecule has 0 aromatic carbocycles. The molecule has 0 unspecified atom stereocenters. The smallest absolute Gasteiger partial charge is 0.383 e. The van der Waals surface area contributed by atoms with Gasteiger partial charge in [0, 0.05) is 24.2 Å². The number of pyridine rings is 2. The van der Waals surface area contributed by atoms with Crippen molar-refractivity contribution in [1.29, 1.82) is 0 Å². The zero-order chi connectivity index (χ0) is 14.3. The van der Waals surface area contributed by atoms with Crippen molar-refractivity contribution in [3.05, 3.63) is 48.4 Å². The summed E-state index contributed by atoms with van der Waals surface area (Å²) in [6, 6.07) is 5.57. The molecule has 0 aliphatic carbocycles. The van der Waals surface area contributed by atoms with Crippen LogP contribution < -0.4 is 5.73 Å². The normalized spacial score (nSPS) is 11.9. The second kappa shape index (κ2) is 4.22. The molecule has 3 heterocycles. The molecule has 20 heavy (non-hydrogen) atoms. The van der Waals surface area contributed by atoms with Gasteiger partial charge in [-0.25, -0.2) is 4.98 Å². The molecule has 0 saturated carbocycles. The molecule has 7 heteroatoms. The quantitative estimate of drug-likeness (QED) is 0.744. The largest absolute Gasteiger partial charge is 0.419 e. The second-order valence-corrected chi connectivity index (χ2v) is 4.19. The number of alkyl halides is 3. The van der Waals surface area contributed by atoms with E-state index in [4.69, 9.17) is 5.73 Å². The summed E-state index contributed by atoms with van der Waals surface area (Å²) in [6.07, 6.45) is 0.0420. The fraction of sp³-hybridized carbons (Fsp3) is 0.0769. The van der Waals surface area contributed by atoms with Gasteiger partial charge in [-0.1, -0.05) is 0 Å². The van der Waals surface area contributed by atoms with E-state index in [0.29, 0.717) is 11.3 Å². The van der Waals surface area contributed by atoms with Gasteiger partial charge in [-0.15, -0.1) is 0 Å². The van der Waals surface area contributed by atoms with Crippen molar-refractivity contribution in [2.24, 2.45) is 0 Å². The maximum absolute atomic E-state index is 13.0. The van der Waals surface area contributed by atoms with Crippen LogP contribution in [0.5, 0.6) is 0 Å². The number of fused-ring (bicyclic) bond motifs is 1. The predicted molar refractivity (Wildman–Crippen MR) is 67.8 cm³/mol. The zero-order valence-electron chi connectivity index (χ0n) is 10.1. The zero-order valence-corrected chi connectivity index (χ0v) is 10.1. The minimum absolute atomic E-state index is 0.164. The highest BCUT2D eigenvalue weighted by Gasteiger charge is 2.34. The molecule has 3 aromatic rings. The standard InChI is InChI=1S/C13H9F3N4/c14-13(15,16)9-2-1-7-20-11(17)10(19-12(9)20)8-3-5-18-6-4-8/h1-7H,17H2. The molecule has 0 saturated heterocycles. The van der Waals surface area contributed by atoms with Crippen LogP contribution in [-0.4, -0.2) is 14.4 Å². The molecule has 2 N–H and O–H groups in total. The van der Waals surface area contributed by atoms with E-state index in [2.05, 4.69) is 9.97 Å². The number of imidazole rings is 1. The molecule has 102 valence electrons. The molecular formula is C13H9F3N4. The van der Waals surface area contributed by atoms with Gasteiger partial charge in [0.1, 0.15) is 11.5 Å². The Morgan fingerprint density at radius 3 is 2.45 bits per heavy atom. The number of hydrogen-bond acceptors (Lipinski definition) is 3. The third kappa shape index (κ3) is 1.87. The molecule has 3 rings (SSSR count). The highest BCUT2D eigenvalue weighted by atomic mass is 19.4. The predicted octanol–water partition coefficient (Wildman–Crippen LogP) is 3.00. The Hall–Kier alpha value is -2.57. The Morgan fingerprint density at radius 2 is 1.80 bits per heavy atom. The van der Waals surface area contributed by atoms with Gasteiger partial charge in [0.25, 0.3) is 0 Å². The minimum atomic E-state index is -4.48. The molecular weight excluding hydrogens is 269 g/mol. The van der Waals surface area contributed by atoms with Gasteiger partial charge >= 0.3 is 6.18 Å². The van der Waals surface area contributed by atoms with E-state index in [9.17, 15) is 13.2 Å². The first kappa shape index (κ1) is 12.5. The fourth-order valence-electron chi connectivity index (χ4n) is 2.03. The van der Waals surface area contributed by atoms with Crippen molar-refractivity contribution >= 4 is 11.5 Å². The van der Waals surface area contributed by atoms with Crippen LogP contribution in [0.25, 0.3) is 16.9 Å². The molecule has 0 fully saturated rings. The number of nitrogen functional groups attached to an aromatic ring is 1. The number of halogens is 3. The molecule has 0 spiro atoms. The highest BCUT2D eigenvalue weighted by molar-refractivity contribution is 5.75. The van der Waals surface area contributed by atoms with Crippen LogP contribution in [-0.2, 0) is 6.18 Å². The number of rotatable bonds is 1. The van der Waals surface area contributed by atoms with Gasteiger partial charge in [0.15, 0.2) is 5.65 Å². The van der Waals surface area contributed by atoms with Crippen molar-refractivity contribution in [2.45, 2.75) is 6.18 Å². The van der Waals surface area contributed by atoms with E-state index in [1.54, 1.807) is 12.1 Å². The van der Waals surface area contributed by atoms with Crippen molar-refractivity contribution in [2.75, 3.05) is 5.73 Å². The van der Waals surface area contributed by atoms with Crippen LogP contribution in [0.1, 0.15) is 5.56 Å². The van der Waals surface area contributed by atoms with Crippen LogP contribution in [0, 0.1) is 0 Å². The molecule has 0 amide bonds. The van der Waals surface area contributed by atoms with Crippen LogP contribution in [0.2, 0.25) is 0 Å².